The summed E-state index contributed by atoms with van der Waals surface area (Å²) in [6.07, 6.45) is 1.50. The number of hydrogen-bond donors (Lipinski definition) is 2. The molecule has 0 saturated heterocycles. The van der Waals surface area contributed by atoms with Crippen LogP contribution in [0.25, 0.3) is 0 Å². The molecule has 2 amide bonds. The van der Waals surface area contributed by atoms with E-state index in [1.54, 1.807) is 43.0 Å². The summed E-state index contributed by atoms with van der Waals surface area (Å²) in [6.45, 7) is 6.68. The van der Waals surface area contributed by atoms with Gasteiger partial charge in [-0.1, -0.05) is 56.3 Å². The fraction of sp³-hybridized carbons (Fsp3) is 0.417. The summed E-state index contributed by atoms with van der Waals surface area (Å²) >= 11 is 0. The predicted molar refractivity (Wildman–Crippen MR) is 125 cm³/mol. The van der Waals surface area contributed by atoms with Gasteiger partial charge in [0, 0.05) is 26.1 Å². The zero-order chi connectivity index (χ0) is 23.6. The second kappa shape index (κ2) is 12.4. The number of amides is 2. The molecule has 0 radical (unpaired) electrons. The smallest absolute Gasteiger partial charge is 0.242 e. The summed E-state index contributed by atoms with van der Waals surface area (Å²) in [4.78, 5) is 27.4. The zero-order valence-electron chi connectivity index (χ0n) is 19.0. The van der Waals surface area contributed by atoms with Gasteiger partial charge in [-0.15, -0.1) is 0 Å². The molecule has 2 aromatic rings. The Bertz CT molecular complexity index is 976. The fourth-order valence-corrected chi connectivity index (χ4v) is 4.30. The highest BCUT2D eigenvalue weighted by Gasteiger charge is 2.25. The summed E-state index contributed by atoms with van der Waals surface area (Å²) in [5.74, 6) is -0.300. The maximum absolute atomic E-state index is 13.1. The number of nitrogens with one attached hydrogen (secondary N) is 2. The normalized spacial score (nSPS) is 12.2. The maximum atomic E-state index is 13.1. The van der Waals surface area contributed by atoms with Crippen molar-refractivity contribution in [3.8, 4) is 0 Å². The molecule has 0 saturated carbocycles. The SMILES string of the molecule is CCCNC(=O)[C@@H](C)N(Cc1ccccc1)C(=O)CCc1ccc(S(=O)(=O)NCC)cc1. The minimum Gasteiger partial charge on any atom is -0.354 e. The van der Waals surface area contributed by atoms with Gasteiger partial charge in [0.15, 0.2) is 0 Å². The van der Waals surface area contributed by atoms with Crippen LogP contribution in [-0.2, 0) is 32.6 Å². The first-order valence-corrected chi connectivity index (χ1v) is 12.5. The van der Waals surface area contributed by atoms with E-state index in [1.165, 1.54) is 0 Å². The van der Waals surface area contributed by atoms with Crippen LogP contribution < -0.4 is 10.0 Å². The minimum absolute atomic E-state index is 0.127. The summed E-state index contributed by atoms with van der Waals surface area (Å²) < 4.78 is 26.6. The van der Waals surface area contributed by atoms with Gasteiger partial charge in [0.1, 0.15) is 6.04 Å². The van der Waals surface area contributed by atoms with Crippen LogP contribution >= 0.6 is 0 Å². The predicted octanol–water partition coefficient (Wildman–Crippen LogP) is 2.86. The minimum atomic E-state index is -3.50. The van der Waals surface area contributed by atoms with E-state index >= 15 is 0 Å². The van der Waals surface area contributed by atoms with Crippen LogP contribution in [0.3, 0.4) is 0 Å². The van der Waals surface area contributed by atoms with Crippen LogP contribution in [0.1, 0.15) is 44.7 Å². The van der Waals surface area contributed by atoms with Gasteiger partial charge >= 0.3 is 0 Å². The molecule has 0 spiro atoms. The topological polar surface area (TPSA) is 95.6 Å². The van der Waals surface area contributed by atoms with Crippen LogP contribution in [0.4, 0.5) is 0 Å². The van der Waals surface area contributed by atoms with Crippen LogP contribution in [0.5, 0.6) is 0 Å². The second-order valence-corrected chi connectivity index (χ2v) is 9.39. The monoisotopic (exact) mass is 459 g/mol. The van der Waals surface area contributed by atoms with Gasteiger partial charge in [-0.2, -0.15) is 0 Å². The first-order valence-electron chi connectivity index (χ1n) is 11.0. The first-order chi connectivity index (χ1) is 15.3. The molecular weight excluding hydrogens is 426 g/mol. The largest absolute Gasteiger partial charge is 0.354 e. The molecule has 0 aliphatic carbocycles. The molecule has 0 aliphatic heterocycles. The average molecular weight is 460 g/mol. The van der Waals surface area contributed by atoms with Gasteiger partial charge in [-0.05, 0) is 43.0 Å². The second-order valence-electron chi connectivity index (χ2n) is 7.62. The molecule has 0 heterocycles. The van der Waals surface area contributed by atoms with Crippen molar-refractivity contribution in [3.05, 3.63) is 65.7 Å². The average Bonchev–Trinajstić information content (AvgIpc) is 2.80. The third-order valence-electron chi connectivity index (χ3n) is 5.11. The van der Waals surface area contributed by atoms with E-state index in [0.29, 0.717) is 26.1 Å². The number of hydrogen-bond acceptors (Lipinski definition) is 4. The van der Waals surface area contributed by atoms with E-state index in [1.807, 2.05) is 37.3 Å². The van der Waals surface area contributed by atoms with Crippen molar-refractivity contribution < 1.29 is 18.0 Å². The lowest BCUT2D eigenvalue weighted by atomic mass is 10.1. The Morgan fingerprint density at radius 3 is 2.22 bits per heavy atom. The van der Waals surface area contributed by atoms with Crippen molar-refractivity contribution in [2.75, 3.05) is 13.1 Å². The van der Waals surface area contributed by atoms with Crippen LogP contribution in [0.2, 0.25) is 0 Å². The molecule has 7 nitrogen and oxygen atoms in total. The molecule has 1 atom stereocenters. The van der Waals surface area contributed by atoms with Gasteiger partial charge in [0.05, 0.1) is 4.90 Å². The van der Waals surface area contributed by atoms with Crippen LogP contribution in [0, 0.1) is 0 Å². The Balaban J connectivity index is 2.09. The van der Waals surface area contributed by atoms with Crippen molar-refractivity contribution in [1.29, 1.82) is 0 Å². The van der Waals surface area contributed by atoms with Crippen molar-refractivity contribution in [2.45, 2.75) is 57.5 Å². The highest BCUT2D eigenvalue weighted by Crippen LogP contribution is 2.15. The molecule has 2 N–H and O–H groups in total. The number of benzene rings is 2. The Morgan fingerprint density at radius 1 is 0.969 bits per heavy atom. The third-order valence-corrected chi connectivity index (χ3v) is 6.67. The molecule has 8 heteroatoms. The van der Waals surface area contributed by atoms with Gasteiger partial charge in [-0.3, -0.25) is 9.59 Å². The lowest BCUT2D eigenvalue weighted by Gasteiger charge is -2.29. The van der Waals surface area contributed by atoms with Crippen molar-refractivity contribution in [2.24, 2.45) is 0 Å². The third kappa shape index (κ3) is 7.46. The Hall–Kier alpha value is -2.71. The highest BCUT2D eigenvalue weighted by atomic mass is 32.2. The maximum Gasteiger partial charge on any atom is 0.242 e. The number of carbonyl (C=O) groups excluding carboxylic acids is 2. The summed E-state index contributed by atoms with van der Waals surface area (Å²) in [5.41, 5.74) is 1.81. The van der Waals surface area contributed by atoms with E-state index in [-0.39, 0.29) is 23.1 Å². The van der Waals surface area contributed by atoms with E-state index in [9.17, 15) is 18.0 Å². The fourth-order valence-electron chi connectivity index (χ4n) is 3.26. The molecule has 0 aliphatic rings. The Kier molecular flexibility index (Phi) is 9.87. The van der Waals surface area contributed by atoms with Crippen molar-refractivity contribution >= 4 is 21.8 Å². The summed E-state index contributed by atoms with van der Waals surface area (Å²) in [7, 11) is -3.50. The van der Waals surface area contributed by atoms with Gasteiger partial charge < -0.3 is 10.2 Å². The molecule has 0 aromatic heterocycles. The molecule has 2 rings (SSSR count). The lowest BCUT2D eigenvalue weighted by Crippen LogP contribution is -2.47. The van der Waals surface area contributed by atoms with Gasteiger partial charge in [0.25, 0.3) is 0 Å². The Labute approximate surface area is 191 Å². The number of carbonyl (C=O) groups is 2. The van der Waals surface area contributed by atoms with Gasteiger partial charge in [-0.25, -0.2) is 13.1 Å². The molecule has 0 unspecified atom stereocenters. The molecule has 0 fully saturated rings. The summed E-state index contributed by atoms with van der Waals surface area (Å²) in [6, 6.07) is 15.5. The van der Waals surface area contributed by atoms with Crippen molar-refractivity contribution in [1.82, 2.24) is 14.9 Å². The van der Waals surface area contributed by atoms with E-state index in [0.717, 1.165) is 17.5 Å². The number of rotatable bonds is 12. The van der Waals surface area contributed by atoms with Gasteiger partial charge in [0.2, 0.25) is 21.8 Å². The highest BCUT2D eigenvalue weighted by molar-refractivity contribution is 7.89. The molecular formula is C24H33N3O4S. The number of sulfonamides is 1. The zero-order valence-corrected chi connectivity index (χ0v) is 19.8. The van der Waals surface area contributed by atoms with Crippen molar-refractivity contribution in [3.63, 3.8) is 0 Å². The van der Waals surface area contributed by atoms with Crippen LogP contribution in [-0.4, -0.2) is 44.3 Å². The first kappa shape index (κ1) is 25.5. The molecule has 32 heavy (non-hydrogen) atoms. The Morgan fingerprint density at radius 2 is 1.62 bits per heavy atom. The standard InChI is InChI=1S/C24H33N3O4S/c1-4-17-25-24(29)19(3)27(18-21-9-7-6-8-10-21)23(28)16-13-20-11-14-22(15-12-20)32(30,31)26-5-2/h6-12,14-15,19,26H,4-5,13,16-18H2,1-3H3,(H,25,29)/t19-/m1/s1. The summed E-state index contributed by atoms with van der Waals surface area (Å²) in [5, 5.41) is 2.86. The molecule has 2 aromatic carbocycles. The van der Waals surface area contributed by atoms with E-state index in [4.69, 9.17) is 0 Å². The number of aryl methyl sites for hydroxylation is 1. The quantitative estimate of drug-likeness (QED) is 0.510. The van der Waals surface area contributed by atoms with E-state index < -0.39 is 16.1 Å². The van der Waals surface area contributed by atoms with Crippen LogP contribution in [0.15, 0.2) is 59.5 Å². The molecule has 0 bridgehead atoms. The molecule has 174 valence electrons. The van der Waals surface area contributed by atoms with E-state index in [2.05, 4.69) is 10.0 Å². The number of nitrogens with zero attached hydrogens (tertiary/aromatic N) is 1. The lowest BCUT2D eigenvalue weighted by molar-refractivity contribution is -0.140.